The zero-order valence-corrected chi connectivity index (χ0v) is 22.6. The molecule has 36 heavy (non-hydrogen) atoms. The third-order valence-electron chi connectivity index (χ3n) is 6.92. The average Bonchev–Trinajstić information content (AvgIpc) is 2.87. The largest absolute Gasteiger partial charge is 0.348 e. The Morgan fingerprint density at radius 1 is 1.00 bits per heavy atom. The van der Waals surface area contributed by atoms with Crippen molar-refractivity contribution in [3.63, 3.8) is 0 Å². The monoisotopic (exact) mass is 524 g/mol. The molecule has 1 atom stereocenters. The van der Waals surface area contributed by atoms with E-state index in [1.807, 2.05) is 13.8 Å². The molecule has 3 aromatic carbocycles. The molecule has 0 heterocycles. The normalized spacial score (nSPS) is 14.1. The van der Waals surface area contributed by atoms with E-state index in [1.165, 1.54) is 24.0 Å². The second-order valence-electron chi connectivity index (χ2n) is 9.47. The number of carbonyl (C=O) groups excluding carboxylic acids is 1. The Labute approximate surface area is 219 Å². The molecule has 1 aliphatic carbocycles. The summed E-state index contributed by atoms with van der Waals surface area (Å²) in [7, 11) is -4.01. The number of nitrogens with one attached hydrogen (secondary N) is 1. The van der Waals surface area contributed by atoms with Gasteiger partial charge in [-0.2, -0.15) is 0 Å². The van der Waals surface area contributed by atoms with E-state index in [1.54, 1.807) is 49.4 Å². The van der Waals surface area contributed by atoms with Crippen molar-refractivity contribution in [1.82, 2.24) is 5.32 Å². The molecule has 7 heteroatoms. The van der Waals surface area contributed by atoms with Gasteiger partial charge in [-0.05, 0) is 92.5 Å². The average molecular weight is 525 g/mol. The quantitative estimate of drug-likeness (QED) is 0.376. The highest BCUT2D eigenvalue weighted by atomic mass is 35.5. The van der Waals surface area contributed by atoms with Crippen molar-refractivity contribution in [3.05, 3.63) is 93.5 Å². The third kappa shape index (κ3) is 5.60. The lowest BCUT2D eigenvalue weighted by Gasteiger charge is -2.27. The predicted molar refractivity (Wildman–Crippen MR) is 146 cm³/mol. The second kappa shape index (κ2) is 11.1. The van der Waals surface area contributed by atoms with Gasteiger partial charge in [0.1, 0.15) is 6.54 Å². The summed E-state index contributed by atoms with van der Waals surface area (Å²) < 4.78 is 28.6. The summed E-state index contributed by atoms with van der Waals surface area (Å²) in [5.41, 5.74) is 5.73. The number of hydrogen-bond acceptors (Lipinski definition) is 3. The number of anilines is 1. The molecule has 0 unspecified atom stereocenters. The SMILES string of the molecule is CC[C@H](NC(=O)CN(c1cccc(Cl)c1C)S(=O)(=O)c1ccc(C)cc1)c1ccc2c(c1)CCCC2. The Morgan fingerprint density at radius 3 is 2.39 bits per heavy atom. The Morgan fingerprint density at radius 2 is 1.69 bits per heavy atom. The van der Waals surface area contributed by atoms with E-state index in [0.717, 1.165) is 28.3 Å². The second-order valence-corrected chi connectivity index (χ2v) is 11.7. The van der Waals surface area contributed by atoms with Gasteiger partial charge in [-0.1, -0.05) is 60.5 Å². The van der Waals surface area contributed by atoms with Crippen LogP contribution >= 0.6 is 11.6 Å². The number of rotatable bonds is 8. The van der Waals surface area contributed by atoms with Gasteiger partial charge in [0.2, 0.25) is 5.91 Å². The molecule has 0 aromatic heterocycles. The van der Waals surface area contributed by atoms with Crippen LogP contribution in [0.3, 0.4) is 0 Å². The van der Waals surface area contributed by atoms with Crippen molar-refractivity contribution in [2.45, 2.75) is 63.8 Å². The summed E-state index contributed by atoms with van der Waals surface area (Å²) >= 11 is 6.33. The van der Waals surface area contributed by atoms with Gasteiger partial charge in [-0.3, -0.25) is 9.10 Å². The van der Waals surface area contributed by atoms with Crippen molar-refractivity contribution in [2.75, 3.05) is 10.8 Å². The lowest BCUT2D eigenvalue weighted by Crippen LogP contribution is -2.42. The number of sulfonamides is 1. The molecule has 1 N–H and O–H groups in total. The molecule has 3 aromatic rings. The smallest absolute Gasteiger partial charge is 0.264 e. The molecule has 0 radical (unpaired) electrons. The van der Waals surface area contributed by atoms with E-state index >= 15 is 0 Å². The zero-order chi connectivity index (χ0) is 25.9. The van der Waals surface area contributed by atoms with E-state index in [0.29, 0.717) is 22.7 Å². The third-order valence-corrected chi connectivity index (χ3v) is 9.11. The van der Waals surface area contributed by atoms with Crippen LogP contribution in [0.1, 0.15) is 60.0 Å². The first kappa shape index (κ1) is 26.2. The molecule has 5 nitrogen and oxygen atoms in total. The number of halogens is 1. The molecular weight excluding hydrogens is 492 g/mol. The summed E-state index contributed by atoms with van der Waals surface area (Å²) in [5.74, 6) is -0.366. The number of carbonyl (C=O) groups is 1. The fourth-order valence-electron chi connectivity index (χ4n) is 4.76. The van der Waals surface area contributed by atoms with Gasteiger partial charge in [-0.15, -0.1) is 0 Å². The maximum absolute atomic E-state index is 13.7. The Bertz CT molecular complexity index is 1350. The van der Waals surface area contributed by atoms with E-state index in [2.05, 4.69) is 23.5 Å². The molecule has 0 bridgehead atoms. The maximum atomic E-state index is 13.7. The van der Waals surface area contributed by atoms with E-state index in [9.17, 15) is 13.2 Å². The van der Waals surface area contributed by atoms with Crippen LogP contribution in [0.5, 0.6) is 0 Å². The van der Waals surface area contributed by atoms with E-state index in [-0.39, 0.29) is 23.4 Å². The molecule has 1 amide bonds. The summed E-state index contributed by atoms with van der Waals surface area (Å²) in [6.45, 7) is 5.33. The first-order valence-corrected chi connectivity index (χ1v) is 14.3. The fraction of sp³-hybridized carbons (Fsp3) is 0.345. The molecular formula is C29H33ClN2O3S. The van der Waals surface area contributed by atoms with Crippen molar-refractivity contribution in [1.29, 1.82) is 0 Å². The maximum Gasteiger partial charge on any atom is 0.264 e. The number of aryl methyl sites for hydroxylation is 3. The summed E-state index contributed by atoms with van der Waals surface area (Å²) in [6.07, 6.45) is 5.26. The van der Waals surface area contributed by atoms with Crippen molar-refractivity contribution in [3.8, 4) is 0 Å². The van der Waals surface area contributed by atoms with E-state index < -0.39 is 10.0 Å². The van der Waals surface area contributed by atoms with Gasteiger partial charge in [0, 0.05) is 5.02 Å². The Balaban J connectivity index is 1.63. The molecule has 4 rings (SSSR count). The first-order valence-electron chi connectivity index (χ1n) is 12.5. The lowest BCUT2D eigenvalue weighted by atomic mass is 9.89. The van der Waals surface area contributed by atoms with Crippen molar-refractivity contribution in [2.24, 2.45) is 0 Å². The standard InChI is InChI=1S/C29H33ClN2O3S/c1-4-27(24-15-14-22-8-5-6-9-23(22)18-24)31-29(33)19-32(28-11-7-10-26(30)21(28)3)36(34,35)25-16-12-20(2)13-17-25/h7,10-18,27H,4-6,8-9,19H2,1-3H3,(H,31,33)/t27-/m0/s1. The van der Waals surface area contributed by atoms with Gasteiger partial charge in [0.15, 0.2) is 0 Å². The molecule has 0 saturated carbocycles. The van der Waals surface area contributed by atoms with Crippen LogP contribution in [0, 0.1) is 13.8 Å². The molecule has 0 aliphatic heterocycles. The molecule has 1 aliphatic rings. The minimum Gasteiger partial charge on any atom is -0.348 e. The number of hydrogen-bond donors (Lipinski definition) is 1. The summed E-state index contributed by atoms with van der Waals surface area (Å²) in [5, 5.41) is 3.52. The van der Waals surface area contributed by atoms with Crippen molar-refractivity contribution >= 4 is 33.2 Å². The highest BCUT2D eigenvalue weighted by Gasteiger charge is 2.29. The number of amides is 1. The number of fused-ring (bicyclic) bond motifs is 1. The molecule has 0 spiro atoms. The van der Waals surface area contributed by atoms with Crippen LogP contribution in [0.25, 0.3) is 0 Å². The van der Waals surface area contributed by atoms with Crippen LogP contribution in [0.15, 0.2) is 65.6 Å². The first-order chi connectivity index (χ1) is 17.2. The number of nitrogens with zero attached hydrogens (tertiary/aromatic N) is 1. The topological polar surface area (TPSA) is 66.5 Å². The lowest BCUT2D eigenvalue weighted by molar-refractivity contribution is -0.120. The highest BCUT2D eigenvalue weighted by Crippen LogP contribution is 2.31. The van der Waals surface area contributed by atoms with Gasteiger partial charge in [0.25, 0.3) is 10.0 Å². The summed E-state index contributed by atoms with van der Waals surface area (Å²) in [4.78, 5) is 13.5. The molecule has 0 fully saturated rings. The van der Waals surface area contributed by atoms with E-state index in [4.69, 9.17) is 11.6 Å². The van der Waals surface area contributed by atoms with Crippen LogP contribution in [0.2, 0.25) is 5.02 Å². The van der Waals surface area contributed by atoms with Gasteiger partial charge < -0.3 is 5.32 Å². The van der Waals surface area contributed by atoms with Crippen LogP contribution < -0.4 is 9.62 Å². The van der Waals surface area contributed by atoms with Crippen LogP contribution in [-0.4, -0.2) is 20.9 Å². The Hall–Kier alpha value is -2.83. The highest BCUT2D eigenvalue weighted by molar-refractivity contribution is 7.92. The molecule has 0 saturated heterocycles. The van der Waals surface area contributed by atoms with Crippen LogP contribution in [0.4, 0.5) is 5.69 Å². The Kier molecular flexibility index (Phi) is 8.06. The zero-order valence-electron chi connectivity index (χ0n) is 21.1. The summed E-state index contributed by atoms with van der Waals surface area (Å²) in [6, 6.07) is 18.0. The minimum absolute atomic E-state index is 0.127. The fourth-order valence-corrected chi connectivity index (χ4v) is 6.41. The molecule has 190 valence electrons. The van der Waals surface area contributed by atoms with Crippen molar-refractivity contribution < 1.29 is 13.2 Å². The minimum atomic E-state index is -4.01. The predicted octanol–water partition coefficient (Wildman–Crippen LogP) is 6.30. The van der Waals surface area contributed by atoms with Crippen LogP contribution in [-0.2, 0) is 27.7 Å². The van der Waals surface area contributed by atoms with Gasteiger partial charge >= 0.3 is 0 Å². The van der Waals surface area contributed by atoms with Gasteiger partial charge in [-0.25, -0.2) is 8.42 Å². The number of benzene rings is 3. The van der Waals surface area contributed by atoms with Gasteiger partial charge in [0.05, 0.1) is 16.6 Å².